The first-order valence-electron chi connectivity index (χ1n) is 10.2. The lowest BCUT2D eigenvalue weighted by Gasteiger charge is -2.32. The zero-order chi connectivity index (χ0) is 21.5. The second kappa shape index (κ2) is 7.55. The van der Waals surface area contributed by atoms with Gasteiger partial charge >= 0.3 is 0 Å². The monoisotopic (exact) mass is 382 g/mol. The molecule has 154 valence electrons. The number of ether oxygens (including phenoxy) is 1. The Morgan fingerprint density at radius 3 is 1.57 bits per heavy atom. The molecule has 0 atom stereocenters. The van der Waals surface area contributed by atoms with E-state index < -0.39 is 0 Å². The van der Waals surface area contributed by atoms with Crippen LogP contribution in [0.5, 0.6) is 5.75 Å². The van der Waals surface area contributed by atoms with E-state index in [2.05, 4.69) is 86.6 Å². The molecule has 0 aliphatic rings. The van der Waals surface area contributed by atoms with Gasteiger partial charge in [0, 0.05) is 7.11 Å². The predicted octanol–water partition coefficient (Wildman–Crippen LogP) is 7.10. The molecule has 2 aromatic rings. The van der Waals surface area contributed by atoms with Crippen molar-refractivity contribution in [3.8, 4) is 16.9 Å². The average Bonchev–Trinajstić information content (AvgIpc) is 2.52. The minimum Gasteiger partial charge on any atom is -0.508 e. The molecule has 2 rings (SSSR count). The van der Waals surface area contributed by atoms with Crippen molar-refractivity contribution in [3.63, 3.8) is 0 Å². The molecule has 2 aromatic carbocycles. The molecule has 0 fully saturated rings. The van der Waals surface area contributed by atoms with Gasteiger partial charge in [0.2, 0.25) is 0 Å². The maximum atomic E-state index is 10.5. The quantitative estimate of drug-likeness (QED) is 0.613. The van der Waals surface area contributed by atoms with Crippen LogP contribution in [0.15, 0.2) is 30.3 Å². The van der Waals surface area contributed by atoms with E-state index in [1.807, 2.05) is 6.07 Å². The maximum absolute atomic E-state index is 10.5. The number of phenols is 1. The Hall–Kier alpha value is -1.80. The topological polar surface area (TPSA) is 29.5 Å². The third-order valence-electron chi connectivity index (χ3n) is 5.22. The summed E-state index contributed by atoms with van der Waals surface area (Å²) in [5.74, 6) is 0.363. The largest absolute Gasteiger partial charge is 0.508 e. The highest BCUT2D eigenvalue weighted by Crippen LogP contribution is 2.43. The van der Waals surface area contributed by atoms with E-state index in [4.69, 9.17) is 4.74 Å². The van der Waals surface area contributed by atoms with E-state index in [1.165, 1.54) is 27.8 Å². The van der Waals surface area contributed by atoms with Crippen molar-refractivity contribution >= 4 is 0 Å². The number of rotatable bonds is 3. The molecule has 28 heavy (non-hydrogen) atoms. The summed E-state index contributed by atoms with van der Waals surface area (Å²) < 4.78 is 5.46. The first kappa shape index (κ1) is 22.5. The molecule has 0 unspecified atom stereocenters. The fraction of sp³-hybridized carbons (Fsp3) is 0.538. The average molecular weight is 383 g/mol. The van der Waals surface area contributed by atoms with Gasteiger partial charge in [-0.2, -0.15) is 0 Å². The lowest BCUT2D eigenvalue weighted by Crippen LogP contribution is -2.20. The summed E-state index contributed by atoms with van der Waals surface area (Å²) in [6, 6.07) is 10.7. The van der Waals surface area contributed by atoms with Crippen molar-refractivity contribution in [1.29, 1.82) is 0 Å². The Morgan fingerprint density at radius 2 is 1.18 bits per heavy atom. The first-order valence-corrected chi connectivity index (χ1v) is 10.2. The number of hydrogen-bond donors (Lipinski definition) is 1. The molecule has 2 heteroatoms. The molecule has 2 nitrogen and oxygen atoms in total. The minimum atomic E-state index is -0.125. The zero-order valence-electron chi connectivity index (χ0n) is 19.4. The Kier molecular flexibility index (Phi) is 6.07. The molecule has 0 saturated heterocycles. The number of hydrogen-bond acceptors (Lipinski definition) is 2. The van der Waals surface area contributed by atoms with Crippen molar-refractivity contribution in [2.45, 2.75) is 85.2 Å². The molecule has 0 bridgehead atoms. The summed E-state index contributed by atoms with van der Waals surface area (Å²) in [6.07, 6.45) is 0. The highest BCUT2D eigenvalue weighted by Gasteiger charge is 2.28. The van der Waals surface area contributed by atoms with Gasteiger partial charge in [0.1, 0.15) is 5.75 Å². The van der Waals surface area contributed by atoms with Crippen molar-refractivity contribution < 1.29 is 9.84 Å². The van der Waals surface area contributed by atoms with Crippen LogP contribution >= 0.6 is 0 Å². The Bertz CT molecular complexity index is 805. The third kappa shape index (κ3) is 4.78. The summed E-state index contributed by atoms with van der Waals surface area (Å²) in [5.41, 5.74) is 7.11. The van der Waals surface area contributed by atoms with Crippen molar-refractivity contribution in [3.05, 3.63) is 52.6 Å². The lowest BCUT2D eigenvalue weighted by molar-refractivity contribution is 0.184. The van der Waals surface area contributed by atoms with Gasteiger partial charge in [0.15, 0.2) is 0 Å². The molecule has 0 aliphatic heterocycles. The van der Waals surface area contributed by atoms with Crippen LogP contribution < -0.4 is 0 Å². The molecule has 0 aromatic heterocycles. The second-order valence-corrected chi connectivity index (χ2v) is 11.0. The van der Waals surface area contributed by atoms with E-state index in [9.17, 15) is 5.11 Å². The first-order chi connectivity index (χ1) is 12.7. The molecule has 0 aliphatic carbocycles. The van der Waals surface area contributed by atoms with Crippen LogP contribution in [0.1, 0.15) is 84.6 Å². The molecule has 1 N–H and O–H groups in total. The van der Waals surface area contributed by atoms with E-state index in [0.717, 1.165) is 5.56 Å². The van der Waals surface area contributed by atoms with Gasteiger partial charge in [-0.1, -0.05) is 80.5 Å². The maximum Gasteiger partial charge on any atom is 0.119 e. The number of benzene rings is 2. The predicted molar refractivity (Wildman–Crippen MR) is 120 cm³/mol. The smallest absolute Gasteiger partial charge is 0.119 e. The van der Waals surface area contributed by atoms with Crippen molar-refractivity contribution in [2.24, 2.45) is 0 Å². The Morgan fingerprint density at radius 1 is 0.714 bits per heavy atom. The van der Waals surface area contributed by atoms with Crippen LogP contribution in [0.2, 0.25) is 0 Å². The fourth-order valence-corrected chi connectivity index (χ4v) is 3.74. The second-order valence-electron chi connectivity index (χ2n) is 11.0. The van der Waals surface area contributed by atoms with Gasteiger partial charge in [0.25, 0.3) is 0 Å². The molecule has 0 heterocycles. The Labute approximate surface area is 172 Å². The summed E-state index contributed by atoms with van der Waals surface area (Å²) >= 11 is 0. The number of phenolic OH excluding ortho intramolecular Hbond substituents is 1. The molecular weight excluding hydrogens is 344 g/mol. The molecule has 0 amide bonds. The highest BCUT2D eigenvalue weighted by atomic mass is 16.5. The van der Waals surface area contributed by atoms with Crippen LogP contribution in [-0.4, -0.2) is 12.2 Å². The van der Waals surface area contributed by atoms with Gasteiger partial charge in [0.05, 0.1) is 6.61 Å². The van der Waals surface area contributed by atoms with Gasteiger partial charge in [-0.25, -0.2) is 0 Å². The molecule has 0 spiro atoms. The number of methoxy groups -OCH3 is 1. The lowest BCUT2D eigenvalue weighted by atomic mass is 9.73. The van der Waals surface area contributed by atoms with Gasteiger partial charge in [-0.3, -0.25) is 0 Å². The van der Waals surface area contributed by atoms with Gasteiger partial charge < -0.3 is 9.84 Å². The van der Waals surface area contributed by atoms with Crippen LogP contribution in [0.25, 0.3) is 11.1 Å². The SMILES string of the molecule is COCc1cc(C(C)(C)C)c(-c2ccc(O)c(C(C)(C)C)c2)c(C(C)(C)C)c1. The summed E-state index contributed by atoms with van der Waals surface area (Å²) in [7, 11) is 1.75. The summed E-state index contributed by atoms with van der Waals surface area (Å²) in [6.45, 7) is 20.6. The van der Waals surface area contributed by atoms with Crippen LogP contribution in [0, 0.1) is 0 Å². The number of aromatic hydroxyl groups is 1. The normalized spacial score (nSPS) is 13.1. The molecule has 0 saturated carbocycles. The standard InChI is InChI=1S/C26H38O2/c1-24(2,3)19-15-18(11-12-22(19)27)23-20(25(4,5)6)13-17(16-28-10)14-21(23)26(7,8)9/h11-15,27H,16H2,1-10H3. The van der Waals surface area contributed by atoms with Crippen molar-refractivity contribution in [2.75, 3.05) is 7.11 Å². The third-order valence-corrected chi connectivity index (χ3v) is 5.22. The van der Waals surface area contributed by atoms with Crippen molar-refractivity contribution in [1.82, 2.24) is 0 Å². The Balaban J connectivity index is 2.93. The van der Waals surface area contributed by atoms with Gasteiger partial charge in [-0.15, -0.1) is 0 Å². The zero-order valence-corrected chi connectivity index (χ0v) is 19.4. The van der Waals surface area contributed by atoms with Gasteiger partial charge in [-0.05, 0) is 61.8 Å². The van der Waals surface area contributed by atoms with E-state index in [0.29, 0.717) is 12.4 Å². The van der Waals surface area contributed by atoms with Crippen LogP contribution in [-0.2, 0) is 27.6 Å². The minimum absolute atomic E-state index is 0.0150. The van der Waals surface area contributed by atoms with Crippen LogP contribution in [0.4, 0.5) is 0 Å². The van der Waals surface area contributed by atoms with E-state index >= 15 is 0 Å². The van der Waals surface area contributed by atoms with E-state index in [1.54, 1.807) is 7.11 Å². The molecular formula is C26H38O2. The fourth-order valence-electron chi connectivity index (χ4n) is 3.74. The summed E-state index contributed by atoms with van der Waals surface area (Å²) in [4.78, 5) is 0. The van der Waals surface area contributed by atoms with E-state index in [-0.39, 0.29) is 16.2 Å². The molecule has 0 radical (unpaired) electrons. The highest BCUT2D eigenvalue weighted by molar-refractivity contribution is 5.76. The summed E-state index contributed by atoms with van der Waals surface area (Å²) in [5, 5.41) is 10.5. The van der Waals surface area contributed by atoms with Crippen LogP contribution in [0.3, 0.4) is 0 Å².